The molecule has 0 radical (unpaired) electrons. The van der Waals surface area contributed by atoms with E-state index in [0.29, 0.717) is 30.5 Å². The Labute approximate surface area is 153 Å². The van der Waals surface area contributed by atoms with Crippen LogP contribution in [0.1, 0.15) is 27.2 Å². The fraction of sp³-hybridized carbons (Fsp3) is 0.688. The molecular formula is C16H26ClN5O3. The number of piperidine rings is 1. The quantitative estimate of drug-likeness (QED) is 0.837. The summed E-state index contributed by atoms with van der Waals surface area (Å²) >= 11 is 6.09. The maximum absolute atomic E-state index is 12.2. The van der Waals surface area contributed by atoms with Crippen molar-refractivity contribution in [1.82, 2.24) is 14.9 Å². The van der Waals surface area contributed by atoms with Crippen LogP contribution in [0, 0.1) is 5.92 Å². The summed E-state index contributed by atoms with van der Waals surface area (Å²) in [4.78, 5) is 21.8. The van der Waals surface area contributed by atoms with Crippen molar-refractivity contribution in [2.75, 3.05) is 37.8 Å². The van der Waals surface area contributed by atoms with E-state index in [1.807, 2.05) is 20.8 Å². The maximum atomic E-state index is 12.2. The molecule has 1 saturated heterocycles. The Morgan fingerprint density at radius 1 is 1.48 bits per heavy atom. The standard InChI is InChI=1S/C16H26ClN5O3/c1-16(2,3)25-15(23)22-6-5-10(11(8-22)24-4)7-19-14-12(17)13(18)20-9-21-14/h9-11H,5-8H2,1-4H3,(H3,18,19,20,21). The lowest BCUT2D eigenvalue weighted by molar-refractivity contribution is -0.0258. The third-order valence-corrected chi connectivity index (χ3v) is 4.37. The highest BCUT2D eigenvalue weighted by Gasteiger charge is 2.33. The van der Waals surface area contributed by atoms with Crippen LogP contribution in [0.25, 0.3) is 0 Å². The van der Waals surface area contributed by atoms with Crippen LogP contribution >= 0.6 is 11.6 Å². The summed E-state index contributed by atoms with van der Waals surface area (Å²) in [5.41, 5.74) is 5.17. The highest BCUT2D eigenvalue weighted by atomic mass is 35.5. The molecule has 1 amide bonds. The number of anilines is 2. The number of nitrogens with one attached hydrogen (secondary N) is 1. The molecule has 0 spiro atoms. The first kappa shape index (κ1) is 19.5. The molecule has 1 aromatic heterocycles. The topological polar surface area (TPSA) is 103 Å². The number of methoxy groups -OCH3 is 1. The summed E-state index contributed by atoms with van der Waals surface area (Å²) in [5.74, 6) is 0.941. The van der Waals surface area contributed by atoms with E-state index >= 15 is 0 Å². The molecule has 2 heterocycles. The molecule has 9 heteroatoms. The molecule has 25 heavy (non-hydrogen) atoms. The van der Waals surface area contributed by atoms with E-state index in [0.717, 1.165) is 6.42 Å². The molecule has 1 aliphatic rings. The van der Waals surface area contributed by atoms with Gasteiger partial charge in [-0.05, 0) is 27.2 Å². The van der Waals surface area contributed by atoms with E-state index in [2.05, 4.69) is 15.3 Å². The molecule has 1 aliphatic heterocycles. The number of amides is 1. The average Bonchev–Trinajstić information content (AvgIpc) is 2.54. The number of nitrogen functional groups attached to an aromatic ring is 1. The van der Waals surface area contributed by atoms with Crippen LogP contribution in [0.3, 0.4) is 0 Å². The minimum atomic E-state index is -0.512. The molecule has 0 bridgehead atoms. The number of rotatable bonds is 4. The lowest BCUT2D eigenvalue weighted by atomic mass is 9.93. The summed E-state index contributed by atoms with van der Waals surface area (Å²) in [6.07, 6.45) is 1.73. The Hall–Kier alpha value is -1.80. The predicted octanol–water partition coefficient (Wildman–Crippen LogP) is 2.40. The monoisotopic (exact) mass is 371 g/mol. The van der Waals surface area contributed by atoms with Crippen LogP contribution < -0.4 is 11.1 Å². The Balaban J connectivity index is 1.93. The Morgan fingerprint density at radius 2 is 2.20 bits per heavy atom. The van der Waals surface area contributed by atoms with Crippen LogP contribution in [0.5, 0.6) is 0 Å². The Kier molecular flexibility index (Phi) is 6.29. The zero-order chi connectivity index (χ0) is 18.6. The maximum Gasteiger partial charge on any atom is 0.410 e. The highest BCUT2D eigenvalue weighted by molar-refractivity contribution is 6.35. The smallest absolute Gasteiger partial charge is 0.410 e. The fourth-order valence-electron chi connectivity index (χ4n) is 2.69. The number of likely N-dealkylation sites (tertiary alicyclic amines) is 1. The molecule has 8 nitrogen and oxygen atoms in total. The molecule has 1 fully saturated rings. The number of hydrogen-bond acceptors (Lipinski definition) is 7. The number of carbonyl (C=O) groups excluding carboxylic acids is 1. The number of halogens is 1. The van der Waals surface area contributed by atoms with Gasteiger partial charge in [0, 0.05) is 26.1 Å². The van der Waals surface area contributed by atoms with Crippen molar-refractivity contribution in [3.63, 3.8) is 0 Å². The van der Waals surface area contributed by atoms with Gasteiger partial charge in [-0.25, -0.2) is 14.8 Å². The zero-order valence-electron chi connectivity index (χ0n) is 15.1. The highest BCUT2D eigenvalue weighted by Crippen LogP contribution is 2.26. The minimum absolute atomic E-state index is 0.105. The van der Waals surface area contributed by atoms with Crippen molar-refractivity contribution in [2.24, 2.45) is 5.92 Å². The number of nitrogens with zero attached hydrogens (tertiary/aromatic N) is 3. The van der Waals surface area contributed by atoms with Crippen molar-refractivity contribution >= 4 is 29.3 Å². The molecule has 2 unspecified atom stereocenters. The first-order chi connectivity index (χ1) is 11.7. The molecule has 3 N–H and O–H groups in total. The number of carbonyl (C=O) groups is 1. The second kappa shape index (κ2) is 8.05. The summed E-state index contributed by atoms with van der Waals surface area (Å²) in [7, 11) is 1.64. The fourth-order valence-corrected chi connectivity index (χ4v) is 2.86. The second-order valence-electron chi connectivity index (χ2n) is 7.05. The van der Waals surface area contributed by atoms with Gasteiger partial charge in [0.25, 0.3) is 0 Å². The number of hydrogen-bond donors (Lipinski definition) is 2. The summed E-state index contributed by atoms with van der Waals surface area (Å²) < 4.78 is 11.0. The molecule has 2 atom stereocenters. The van der Waals surface area contributed by atoms with Crippen LogP contribution in [0.2, 0.25) is 5.02 Å². The summed E-state index contributed by atoms with van der Waals surface area (Å²) in [5, 5.41) is 3.50. The van der Waals surface area contributed by atoms with Crippen molar-refractivity contribution < 1.29 is 14.3 Å². The molecule has 0 aromatic carbocycles. The van der Waals surface area contributed by atoms with E-state index in [1.165, 1.54) is 6.33 Å². The van der Waals surface area contributed by atoms with E-state index < -0.39 is 5.60 Å². The first-order valence-electron chi connectivity index (χ1n) is 8.22. The van der Waals surface area contributed by atoms with Crippen molar-refractivity contribution in [3.8, 4) is 0 Å². The lowest BCUT2D eigenvalue weighted by Crippen LogP contribution is -2.50. The predicted molar refractivity (Wildman–Crippen MR) is 96.7 cm³/mol. The van der Waals surface area contributed by atoms with Gasteiger partial charge in [-0.2, -0.15) is 0 Å². The second-order valence-corrected chi connectivity index (χ2v) is 7.43. The van der Waals surface area contributed by atoms with Gasteiger partial charge < -0.3 is 25.4 Å². The third kappa shape index (κ3) is 5.34. The molecule has 1 aromatic rings. The van der Waals surface area contributed by atoms with Crippen LogP contribution in [0.4, 0.5) is 16.4 Å². The van der Waals surface area contributed by atoms with Gasteiger partial charge in [-0.1, -0.05) is 11.6 Å². The first-order valence-corrected chi connectivity index (χ1v) is 8.59. The largest absolute Gasteiger partial charge is 0.444 e. The van der Waals surface area contributed by atoms with Gasteiger partial charge in [0.2, 0.25) is 0 Å². The molecular weight excluding hydrogens is 346 g/mol. The van der Waals surface area contributed by atoms with Crippen molar-refractivity contribution in [2.45, 2.75) is 38.9 Å². The number of aromatic nitrogens is 2. The van der Waals surface area contributed by atoms with Gasteiger partial charge in [-0.3, -0.25) is 0 Å². The molecule has 2 rings (SSSR count). The van der Waals surface area contributed by atoms with Gasteiger partial charge in [-0.15, -0.1) is 0 Å². The average molecular weight is 372 g/mol. The zero-order valence-corrected chi connectivity index (χ0v) is 15.8. The van der Waals surface area contributed by atoms with E-state index in [9.17, 15) is 4.79 Å². The summed E-state index contributed by atoms with van der Waals surface area (Å²) in [6, 6.07) is 0. The van der Waals surface area contributed by atoms with Crippen molar-refractivity contribution in [3.05, 3.63) is 11.3 Å². The van der Waals surface area contributed by atoms with Gasteiger partial charge in [0.15, 0.2) is 0 Å². The molecule has 0 saturated carbocycles. The lowest BCUT2D eigenvalue weighted by Gasteiger charge is -2.38. The molecule has 0 aliphatic carbocycles. The Bertz CT molecular complexity index is 608. The van der Waals surface area contributed by atoms with Gasteiger partial charge in [0.05, 0.1) is 12.6 Å². The third-order valence-electron chi connectivity index (χ3n) is 4.00. The van der Waals surface area contributed by atoms with E-state index in [1.54, 1.807) is 12.0 Å². The van der Waals surface area contributed by atoms with Gasteiger partial charge in [0.1, 0.15) is 28.6 Å². The minimum Gasteiger partial charge on any atom is -0.444 e. The van der Waals surface area contributed by atoms with E-state index in [4.69, 9.17) is 26.8 Å². The Morgan fingerprint density at radius 3 is 2.84 bits per heavy atom. The van der Waals surface area contributed by atoms with Crippen molar-refractivity contribution in [1.29, 1.82) is 0 Å². The normalized spacial score (nSPS) is 21.1. The van der Waals surface area contributed by atoms with Gasteiger partial charge >= 0.3 is 6.09 Å². The summed E-state index contributed by atoms with van der Waals surface area (Å²) in [6.45, 7) is 7.26. The van der Waals surface area contributed by atoms with Crippen LogP contribution in [0.15, 0.2) is 6.33 Å². The van der Waals surface area contributed by atoms with E-state index in [-0.39, 0.29) is 23.9 Å². The van der Waals surface area contributed by atoms with Crippen LogP contribution in [-0.4, -0.2) is 59.4 Å². The molecule has 140 valence electrons. The SMILES string of the molecule is COC1CN(C(=O)OC(C)(C)C)CCC1CNc1ncnc(N)c1Cl. The number of nitrogens with two attached hydrogens (primary N) is 1. The van der Waals surface area contributed by atoms with Crippen LogP contribution in [-0.2, 0) is 9.47 Å². The number of ether oxygens (including phenoxy) is 2.